The standard InChI is InChI=1S/C23H23FN4O3/c1-2-20(29)25-19-10-4-6-15(13-19)21-26-22(31-27-21)17-8-5-11-28(14-17)23(30)16-7-3-9-18(24)12-16/h3-4,6-7,9-10,12-13,17H,2,5,8,11,14H2,1H3,(H,25,29)/t17-/m1/s1. The summed E-state index contributed by atoms with van der Waals surface area (Å²) in [5, 5.41) is 6.90. The van der Waals surface area contributed by atoms with Crippen LogP contribution in [0, 0.1) is 5.82 Å². The molecular weight excluding hydrogens is 399 g/mol. The molecule has 160 valence electrons. The van der Waals surface area contributed by atoms with E-state index in [-0.39, 0.29) is 17.7 Å². The smallest absolute Gasteiger partial charge is 0.253 e. The molecule has 1 aromatic heterocycles. The molecule has 0 radical (unpaired) electrons. The lowest BCUT2D eigenvalue weighted by Crippen LogP contribution is -2.39. The minimum absolute atomic E-state index is 0.0730. The molecule has 0 spiro atoms. The van der Waals surface area contributed by atoms with Crippen LogP contribution in [0.2, 0.25) is 0 Å². The highest BCUT2D eigenvalue weighted by Crippen LogP contribution is 2.29. The molecule has 0 saturated carbocycles. The van der Waals surface area contributed by atoms with E-state index in [2.05, 4.69) is 15.5 Å². The van der Waals surface area contributed by atoms with E-state index in [9.17, 15) is 14.0 Å². The van der Waals surface area contributed by atoms with E-state index in [4.69, 9.17) is 4.52 Å². The molecule has 4 rings (SSSR count). The van der Waals surface area contributed by atoms with Gasteiger partial charge >= 0.3 is 0 Å². The maximum absolute atomic E-state index is 13.5. The van der Waals surface area contributed by atoms with Crippen molar-refractivity contribution in [2.24, 2.45) is 0 Å². The topological polar surface area (TPSA) is 88.3 Å². The Morgan fingerprint density at radius 1 is 1.23 bits per heavy atom. The van der Waals surface area contributed by atoms with E-state index in [0.717, 1.165) is 18.4 Å². The molecule has 31 heavy (non-hydrogen) atoms. The molecule has 3 aromatic rings. The Hall–Kier alpha value is -3.55. The van der Waals surface area contributed by atoms with Gasteiger partial charge in [-0.2, -0.15) is 4.98 Å². The molecule has 0 unspecified atom stereocenters. The Kier molecular flexibility index (Phi) is 6.06. The average molecular weight is 422 g/mol. The number of rotatable bonds is 5. The van der Waals surface area contributed by atoms with Gasteiger partial charge in [0, 0.05) is 36.3 Å². The first-order chi connectivity index (χ1) is 15.0. The molecule has 1 N–H and O–H groups in total. The Balaban J connectivity index is 1.48. The van der Waals surface area contributed by atoms with Gasteiger partial charge in [-0.05, 0) is 43.2 Å². The van der Waals surface area contributed by atoms with E-state index < -0.39 is 5.82 Å². The Morgan fingerprint density at radius 3 is 2.87 bits per heavy atom. The summed E-state index contributed by atoms with van der Waals surface area (Å²) in [5.74, 6) is 0.0965. The van der Waals surface area contributed by atoms with Crippen molar-refractivity contribution in [1.82, 2.24) is 15.0 Å². The van der Waals surface area contributed by atoms with Gasteiger partial charge in [-0.1, -0.05) is 30.3 Å². The van der Waals surface area contributed by atoms with Crippen molar-refractivity contribution in [3.63, 3.8) is 0 Å². The van der Waals surface area contributed by atoms with Gasteiger partial charge in [0.15, 0.2) is 0 Å². The lowest BCUT2D eigenvalue weighted by Gasteiger charge is -2.31. The van der Waals surface area contributed by atoms with E-state index in [1.807, 2.05) is 12.1 Å². The van der Waals surface area contributed by atoms with Crippen molar-refractivity contribution in [2.75, 3.05) is 18.4 Å². The molecule has 1 atom stereocenters. The minimum atomic E-state index is -0.432. The van der Waals surface area contributed by atoms with Gasteiger partial charge in [0.05, 0.1) is 5.92 Å². The summed E-state index contributed by atoms with van der Waals surface area (Å²) in [6.07, 6.45) is 2.01. The molecule has 1 saturated heterocycles. The maximum Gasteiger partial charge on any atom is 0.253 e. The summed E-state index contributed by atoms with van der Waals surface area (Å²) in [7, 11) is 0. The molecule has 1 fully saturated rings. The average Bonchev–Trinajstić information content (AvgIpc) is 3.29. The quantitative estimate of drug-likeness (QED) is 0.664. The molecule has 2 heterocycles. The largest absolute Gasteiger partial charge is 0.339 e. The Bertz CT molecular complexity index is 1100. The summed E-state index contributed by atoms with van der Waals surface area (Å²) in [6, 6.07) is 13.0. The van der Waals surface area contributed by atoms with Crippen LogP contribution in [0.3, 0.4) is 0 Å². The fourth-order valence-corrected chi connectivity index (χ4v) is 3.67. The van der Waals surface area contributed by atoms with Crippen molar-refractivity contribution in [1.29, 1.82) is 0 Å². The molecule has 2 amide bonds. The number of carbonyl (C=O) groups excluding carboxylic acids is 2. The zero-order chi connectivity index (χ0) is 21.8. The zero-order valence-electron chi connectivity index (χ0n) is 17.2. The van der Waals surface area contributed by atoms with Crippen LogP contribution in [0.15, 0.2) is 53.1 Å². The fraction of sp³-hybridized carbons (Fsp3) is 0.304. The van der Waals surface area contributed by atoms with Gasteiger partial charge in [-0.25, -0.2) is 4.39 Å². The number of anilines is 1. The summed E-state index contributed by atoms with van der Waals surface area (Å²) in [5.41, 5.74) is 1.73. The lowest BCUT2D eigenvalue weighted by atomic mass is 9.97. The van der Waals surface area contributed by atoms with Gasteiger partial charge < -0.3 is 14.7 Å². The van der Waals surface area contributed by atoms with Crippen molar-refractivity contribution < 1.29 is 18.5 Å². The third-order valence-electron chi connectivity index (χ3n) is 5.30. The number of amides is 2. The number of nitrogens with zero attached hydrogens (tertiary/aromatic N) is 3. The summed E-state index contributed by atoms with van der Waals surface area (Å²) in [4.78, 5) is 30.6. The molecule has 0 aliphatic carbocycles. The highest BCUT2D eigenvalue weighted by molar-refractivity contribution is 5.94. The van der Waals surface area contributed by atoms with Crippen LogP contribution in [-0.4, -0.2) is 39.9 Å². The van der Waals surface area contributed by atoms with Crippen LogP contribution in [0.4, 0.5) is 10.1 Å². The molecule has 1 aliphatic rings. The number of carbonyl (C=O) groups is 2. The van der Waals surface area contributed by atoms with Crippen molar-refractivity contribution >= 4 is 17.5 Å². The number of nitrogens with one attached hydrogen (secondary N) is 1. The SMILES string of the molecule is CCC(=O)Nc1cccc(-c2noc([C@@H]3CCCN(C(=O)c4cccc(F)c4)C3)n2)c1. The predicted octanol–water partition coefficient (Wildman–Crippen LogP) is 4.24. The first kappa shape index (κ1) is 20.7. The minimum Gasteiger partial charge on any atom is -0.339 e. The first-order valence-electron chi connectivity index (χ1n) is 10.3. The van der Waals surface area contributed by atoms with E-state index in [1.165, 1.54) is 18.2 Å². The van der Waals surface area contributed by atoms with Crippen molar-refractivity contribution in [3.8, 4) is 11.4 Å². The third-order valence-corrected chi connectivity index (χ3v) is 5.30. The van der Waals surface area contributed by atoms with Crippen LogP contribution < -0.4 is 5.32 Å². The Labute approximate surface area is 179 Å². The highest BCUT2D eigenvalue weighted by Gasteiger charge is 2.29. The number of benzene rings is 2. The van der Waals surface area contributed by atoms with E-state index in [0.29, 0.717) is 42.5 Å². The first-order valence-corrected chi connectivity index (χ1v) is 10.3. The molecule has 2 aromatic carbocycles. The number of halogens is 1. The van der Waals surface area contributed by atoms with Crippen molar-refractivity contribution in [2.45, 2.75) is 32.1 Å². The zero-order valence-corrected chi connectivity index (χ0v) is 17.2. The number of likely N-dealkylation sites (tertiary alicyclic amines) is 1. The summed E-state index contributed by atoms with van der Waals surface area (Å²) < 4.78 is 19.0. The van der Waals surface area contributed by atoms with E-state index >= 15 is 0 Å². The second-order valence-corrected chi connectivity index (χ2v) is 7.54. The predicted molar refractivity (Wildman–Crippen MR) is 113 cm³/mol. The van der Waals surface area contributed by atoms with Crippen LogP contribution in [0.1, 0.15) is 48.4 Å². The molecule has 8 heteroatoms. The maximum atomic E-state index is 13.5. The van der Waals surface area contributed by atoms with Gasteiger partial charge in [0.2, 0.25) is 17.6 Å². The highest BCUT2D eigenvalue weighted by atomic mass is 19.1. The lowest BCUT2D eigenvalue weighted by molar-refractivity contribution is -0.115. The third kappa shape index (κ3) is 4.79. The molecule has 1 aliphatic heterocycles. The monoisotopic (exact) mass is 422 g/mol. The number of hydrogen-bond acceptors (Lipinski definition) is 5. The van der Waals surface area contributed by atoms with Gasteiger partial charge in [0.1, 0.15) is 5.82 Å². The van der Waals surface area contributed by atoms with Gasteiger partial charge in [0.25, 0.3) is 5.91 Å². The Morgan fingerprint density at radius 2 is 2.06 bits per heavy atom. The van der Waals surface area contributed by atoms with Crippen LogP contribution >= 0.6 is 0 Å². The van der Waals surface area contributed by atoms with Crippen LogP contribution in [0.5, 0.6) is 0 Å². The van der Waals surface area contributed by atoms with Gasteiger partial charge in [-0.3, -0.25) is 9.59 Å². The normalized spacial score (nSPS) is 16.2. The summed E-state index contributed by atoms with van der Waals surface area (Å²) >= 11 is 0. The summed E-state index contributed by atoms with van der Waals surface area (Å²) in [6.45, 7) is 2.83. The number of piperidine rings is 1. The second-order valence-electron chi connectivity index (χ2n) is 7.54. The number of hydrogen-bond donors (Lipinski definition) is 1. The number of aromatic nitrogens is 2. The van der Waals surface area contributed by atoms with Crippen molar-refractivity contribution in [3.05, 3.63) is 65.8 Å². The molecule has 7 nitrogen and oxygen atoms in total. The van der Waals surface area contributed by atoms with Crippen LogP contribution in [-0.2, 0) is 4.79 Å². The van der Waals surface area contributed by atoms with E-state index in [1.54, 1.807) is 30.0 Å². The fourth-order valence-electron chi connectivity index (χ4n) is 3.67. The molecular formula is C23H23FN4O3. The van der Waals surface area contributed by atoms with Gasteiger partial charge in [-0.15, -0.1) is 0 Å². The second kappa shape index (κ2) is 9.07. The molecule has 0 bridgehead atoms. The van der Waals surface area contributed by atoms with Crippen LogP contribution in [0.25, 0.3) is 11.4 Å².